The minimum absolute atomic E-state index is 0.0635. The highest BCUT2D eigenvalue weighted by Crippen LogP contribution is 2.49. The number of hydrogen-bond acceptors (Lipinski definition) is 5. The van der Waals surface area contributed by atoms with Crippen LogP contribution in [0.5, 0.6) is 0 Å². The SMILES string of the molecule is Cc1ccc([C@@H]2CC(=O)[C@@H]3CN(S(=O)(=O)c4ccc(C)cc4)[C@H](c4cccc5ccccc45)C[C@@H]3N2S(=O)(=O)c2ccc(Cl)cc2)cc1. The molecule has 246 valence electrons. The molecule has 2 fully saturated rings. The van der Waals surface area contributed by atoms with E-state index < -0.39 is 44.1 Å². The molecule has 0 spiro atoms. The number of fused-ring (bicyclic) bond motifs is 2. The molecule has 0 radical (unpaired) electrons. The summed E-state index contributed by atoms with van der Waals surface area (Å²) in [6, 6.07) is 31.5. The van der Waals surface area contributed by atoms with E-state index in [9.17, 15) is 21.6 Å². The first-order chi connectivity index (χ1) is 22.9. The zero-order valence-corrected chi connectivity index (χ0v) is 28.9. The predicted octanol–water partition coefficient (Wildman–Crippen LogP) is 7.64. The molecule has 0 amide bonds. The van der Waals surface area contributed by atoms with Gasteiger partial charge in [0.1, 0.15) is 5.78 Å². The molecule has 5 aromatic rings. The molecule has 4 atom stereocenters. The molecule has 2 saturated heterocycles. The van der Waals surface area contributed by atoms with Crippen molar-refractivity contribution in [3.63, 3.8) is 0 Å². The minimum Gasteiger partial charge on any atom is -0.299 e. The van der Waals surface area contributed by atoms with Crippen LogP contribution in [-0.4, -0.2) is 43.8 Å². The van der Waals surface area contributed by atoms with Crippen molar-refractivity contribution < 1.29 is 21.6 Å². The number of piperidine rings is 2. The Morgan fingerprint density at radius 2 is 1.25 bits per heavy atom. The lowest BCUT2D eigenvalue weighted by molar-refractivity contribution is -0.132. The monoisotopic (exact) mass is 698 g/mol. The number of carbonyl (C=O) groups is 1. The summed E-state index contributed by atoms with van der Waals surface area (Å²) in [5.74, 6) is -1.03. The third-order valence-electron chi connectivity index (χ3n) is 9.76. The number of Topliss-reactive ketones (excluding diaryl/α,β-unsaturated/α-hetero) is 1. The van der Waals surface area contributed by atoms with Crippen LogP contribution in [0.25, 0.3) is 10.8 Å². The molecule has 0 saturated carbocycles. The number of carbonyl (C=O) groups excluding carboxylic acids is 1. The quantitative estimate of drug-likeness (QED) is 0.182. The van der Waals surface area contributed by atoms with Crippen LogP contribution >= 0.6 is 11.6 Å². The normalized spacial score (nSPS) is 22.4. The largest absolute Gasteiger partial charge is 0.299 e. The summed E-state index contributed by atoms with van der Waals surface area (Å²) in [6.45, 7) is 3.69. The summed E-state index contributed by atoms with van der Waals surface area (Å²) in [5.41, 5.74) is 3.40. The fraction of sp³-hybridized carbons (Fsp3) is 0.237. The van der Waals surface area contributed by atoms with E-state index in [4.69, 9.17) is 11.6 Å². The van der Waals surface area contributed by atoms with Crippen molar-refractivity contribution in [3.8, 4) is 0 Å². The van der Waals surface area contributed by atoms with Crippen LogP contribution in [0.1, 0.15) is 47.2 Å². The maximum Gasteiger partial charge on any atom is 0.243 e. The molecule has 2 heterocycles. The van der Waals surface area contributed by atoms with Gasteiger partial charge in [0, 0.05) is 29.9 Å². The van der Waals surface area contributed by atoms with Crippen LogP contribution in [0.3, 0.4) is 0 Å². The molecule has 7 nitrogen and oxygen atoms in total. The topological polar surface area (TPSA) is 91.8 Å². The van der Waals surface area contributed by atoms with E-state index in [1.807, 2.05) is 80.6 Å². The van der Waals surface area contributed by atoms with E-state index in [2.05, 4.69) is 0 Å². The fourth-order valence-corrected chi connectivity index (χ4v) is 10.9. The van der Waals surface area contributed by atoms with E-state index in [0.29, 0.717) is 10.6 Å². The van der Waals surface area contributed by atoms with Gasteiger partial charge in [-0.15, -0.1) is 0 Å². The van der Waals surface area contributed by atoms with Gasteiger partial charge in [-0.3, -0.25) is 4.79 Å². The zero-order chi connectivity index (χ0) is 33.8. The van der Waals surface area contributed by atoms with Crippen molar-refractivity contribution in [2.75, 3.05) is 6.54 Å². The van der Waals surface area contributed by atoms with Gasteiger partial charge in [-0.05, 0) is 78.6 Å². The number of rotatable bonds is 6. The number of ketones is 1. The minimum atomic E-state index is -4.18. The van der Waals surface area contributed by atoms with Crippen molar-refractivity contribution in [2.45, 2.75) is 54.6 Å². The summed E-state index contributed by atoms with van der Waals surface area (Å²) >= 11 is 6.15. The van der Waals surface area contributed by atoms with E-state index in [-0.39, 0.29) is 35.0 Å². The van der Waals surface area contributed by atoms with Gasteiger partial charge in [-0.25, -0.2) is 16.8 Å². The van der Waals surface area contributed by atoms with Crippen molar-refractivity contribution in [1.82, 2.24) is 8.61 Å². The van der Waals surface area contributed by atoms with E-state index >= 15 is 0 Å². The van der Waals surface area contributed by atoms with Gasteiger partial charge in [-0.2, -0.15) is 8.61 Å². The highest BCUT2D eigenvalue weighted by Gasteiger charge is 2.54. The van der Waals surface area contributed by atoms with Crippen molar-refractivity contribution in [1.29, 1.82) is 0 Å². The molecule has 0 unspecified atom stereocenters. The van der Waals surface area contributed by atoms with Gasteiger partial charge >= 0.3 is 0 Å². The van der Waals surface area contributed by atoms with E-state index in [1.165, 1.54) is 32.9 Å². The molecular weight excluding hydrogens is 664 g/mol. The first kappa shape index (κ1) is 32.7. The van der Waals surface area contributed by atoms with Crippen LogP contribution in [0.4, 0.5) is 0 Å². The van der Waals surface area contributed by atoms with Crippen molar-refractivity contribution in [3.05, 3.63) is 143 Å². The number of nitrogens with zero attached hydrogens (tertiary/aromatic N) is 2. The van der Waals surface area contributed by atoms with Crippen LogP contribution < -0.4 is 0 Å². The van der Waals surface area contributed by atoms with Gasteiger partial charge in [0.25, 0.3) is 0 Å². The Bertz CT molecular complexity index is 2220. The smallest absolute Gasteiger partial charge is 0.243 e. The first-order valence-corrected chi connectivity index (χ1v) is 19.2. The molecule has 0 bridgehead atoms. The van der Waals surface area contributed by atoms with Gasteiger partial charge in [0.15, 0.2) is 0 Å². The lowest BCUT2D eigenvalue weighted by atomic mass is 9.77. The highest BCUT2D eigenvalue weighted by atomic mass is 35.5. The molecule has 2 aliphatic rings. The van der Waals surface area contributed by atoms with E-state index in [0.717, 1.165) is 27.5 Å². The Morgan fingerprint density at radius 3 is 1.94 bits per heavy atom. The second-order valence-electron chi connectivity index (χ2n) is 12.8. The summed E-state index contributed by atoms with van der Waals surface area (Å²) in [7, 11) is -8.28. The maximum atomic E-state index is 14.7. The Kier molecular flexibility index (Phi) is 8.54. The number of halogens is 1. The molecular formula is C38H35ClN2O5S2. The zero-order valence-electron chi connectivity index (χ0n) is 26.5. The number of benzene rings is 5. The Hall–Kier alpha value is -3.86. The Morgan fingerprint density at radius 1 is 0.667 bits per heavy atom. The average Bonchev–Trinajstić information content (AvgIpc) is 3.08. The molecule has 7 rings (SSSR count). The van der Waals surface area contributed by atoms with Crippen LogP contribution in [0.15, 0.2) is 125 Å². The predicted molar refractivity (Wildman–Crippen MR) is 188 cm³/mol. The molecule has 5 aromatic carbocycles. The summed E-state index contributed by atoms with van der Waals surface area (Å²) in [5, 5.41) is 2.21. The molecule has 2 aliphatic heterocycles. The standard InChI is InChI=1S/C38H35ClN2O5S2/c1-25-10-14-28(15-11-25)35-23-38(42)34-24-40(47(43,44)30-18-12-26(2)13-19-30)36(33-9-5-7-27-6-3-4-8-32(27)33)22-37(34)41(35)48(45,46)31-20-16-29(39)17-21-31/h3-21,34-37H,22-24H2,1-2H3/t34-,35+,36+,37+/m1/s1. The molecule has 48 heavy (non-hydrogen) atoms. The summed E-state index contributed by atoms with van der Waals surface area (Å²) in [4.78, 5) is 14.4. The summed E-state index contributed by atoms with van der Waals surface area (Å²) in [6.07, 6.45) is 0.0130. The van der Waals surface area contributed by atoms with Crippen molar-refractivity contribution in [2.24, 2.45) is 5.92 Å². The maximum absolute atomic E-state index is 14.7. The lowest BCUT2D eigenvalue weighted by Crippen LogP contribution is -2.60. The molecule has 0 aromatic heterocycles. The number of aryl methyl sites for hydroxylation is 2. The first-order valence-electron chi connectivity index (χ1n) is 15.9. The average molecular weight is 699 g/mol. The highest BCUT2D eigenvalue weighted by molar-refractivity contribution is 7.89. The number of hydrogen-bond donors (Lipinski definition) is 0. The molecule has 0 aliphatic carbocycles. The third-order valence-corrected chi connectivity index (χ3v) is 13.8. The third kappa shape index (κ3) is 5.77. The fourth-order valence-electron chi connectivity index (χ4n) is 7.28. The van der Waals surface area contributed by atoms with E-state index in [1.54, 1.807) is 24.3 Å². The Balaban J connectivity index is 1.42. The summed E-state index contributed by atoms with van der Waals surface area (Å²) < 4.78 is 61.4. The van der Waals surface area contributed by atoms with Gasteiger partial charge < -0.3 is 0 Å². The molecule has 0 N–H and O–H groups in total. The lowest BCUT2D eigenvalue weighted by Gasteiger charge is -2.51. The van der Waals surface area contributed by atoms with Crippen LogP contribution in [0.2, 0.25) is 5.02 Å². The number of sulfonamides is 2. The Labute approximate surface area is 286 Å². The second kappa shape index (κ2) is 12.5. The van der Waals surface area contributed by atoms with Gasteiger partial charge in [0.05, 0.1) is 21.9 Å². The van der Waals surface area contributed by atoms with Crippen molar-refractivity contribution >= 4 is 48.2 Å². The van der Waals surface area contributed by atoms with Gasteiger partial charge in [0.2, 0.25) is 20.0 Å². The van der Waals surface area contributed by atoms with Crippen LogP contribution in [-0.2, 0) is 24.8 Å². The van der Waals surface area contributed by atoms with Gasteiger partial charge in [-0.1, -0.05) is 102 Å². The second-order valence-corrected chi connectivity index (χ2v) is 16.9. The van der Waals surface area contributed by atoms with Crippen LogP contribution in [0, 0.1) is 19.8 Å². The molecule has 10 heteroatoms.